The first-order chi connectivity index (χ1) is 18.2. The van der Waals surface area contributed by atoms with Gasteiger partial charge in [0.15, 0.2) is 11.5 Å². The van der Waals surface area contributed by atoms with Crippen LogP contribution in [0.3, 0.4) is 0 Å². The Morgan fingerprint density at radius 3 is 2.39 bits per heavy atom. The highest BCUT2D eigenvalue weighted by Crippen LogP contribution is 2.40. The van der Waals surface area contributed by atoms with Crippen LogP contribution < -0.4 is 9.47 Å². The van der Waals surface area contributed by atoms with E-state index >= 15 is 0 Å². The quantitative estimate of drug-likeness (QED) is 0.134. The van der Waals surface area contributed by atoms with Gasteiger partial charge in [-0.05, 0) is 93.8 Å². The fourth-order valence-corrected chi connectivity index (χ4v) is 5.29. The number of benzene rings is 3. The summed E-state index contributed by atoms with van der Waals surface area (Å²) in [6.07, 6.45) is 1.62. The maximum absolute atomic E-state index is 13.0. The molecule has 0 aromatic heterocycles. The molecule has 0 atom stereocenters. The molecule has 1 aliphatic heterocycles. The zero-order valence-corrected chi connectivity index (χ0v) is 23.7. The summed E-state index contributed by atoms with van der Waals surface area (Å²) in [4.78, 5) is 37.4. The molecule has 0 unspecified atom stereocenters. The molecule has 0 spiro atoms. The molecule has 1 fully saturated rings. The first-order valence-corrected chi connectivity index (χ1v) is 13.5. The van der Waals surface area contributed by atoms with Gasteiger partial charge in [0, 0.05) is 12.1 Å². The molecule has 1 heterocycles. The van der Waals surface area contributed by atoms with Crippen LogP contribution in [-0.2, 0) is 17.9 Å². The SMILES string of the molecule is CCOc1cc(/C=C2\SC(=O)N(Cc3ccc(Cl)c(Cl)c3)C2=O)cc(Br)c1OCc1ccc([N+](=O)[O-])cc1. The Balaban J connectivity index is 1.53. The monoisotopic (exact) mass is 636 g/mol. The Morgan fingerprint density at radius 2 is 1.74 bits per heavy atom. The van der Waals surface area contributed by atoms with Gasteiger partial charge >= 0.3 is 0 Å². The number of halogens is 3. The normalized spacial score (nSPS) is 14.3. The molecule has 2 amide bonds. The number of imide groups is 1. The predicted octanol–water partition coefficient (Wildman–Crippen LogP) is 7.88. The molecule has 0 saturated carbocycles. The van der Waals surface area contributed by atoms with Crippen LogP contribution in [-0.4, -0.2) is 27.6 Å². The molecule has 4 rings (SSSR count). The number of carbonyl (C=O) groups is 2. The average molecular weight is 638 g/mol. The molecule has 38 heavy (non-hydrogen) atoms. The summed E-state index contributed by atoms with van der Waals surface area (Å²) >= 11 is 16.4. The van der Waals surface area contributed by atoms with Crippen molar-refractivity contribution in [3.05, 3.63) is 101 Å². The number of carbonyl (C=O) groups excluding carboxylic acids is 2. The standard InChI is InChI=1S/C26H19BrCl2N2O6S/c1-2-36-22-11-17(9-19(27)24(22)37-14-15-3-6-18(7-4-15)31(34)35)12-23-25(32)30(26(33)38-23)13-16-5-8-20(28)21(29)10-16/h3-12H,2,13-14H2,1H3/b23-12-. The number of nitro groups is 1. The Kier molecular flexibility index (Phi) is 8.99. The minimum atomic E-state index is -0.463. The van der Waals surface area contributed by atoms with Crippen LogP contribution in [0.4, 0.5) is 10.5 Å². The maximum atomic E-state index is 13.0. The van der Waals surface area contributed by atoms with Gasteiger partial charge in [-0.1, -0.05) is 29.3 Å². The maximum Gasteiger partial charge on any atom is 0.293 e. The van der Waals surface area contributed by atoms with Gasteiger partial charge in [0.2, 0.25) is 0 Å². The molecule has 196 valence electrons. The molecule has 1 saturated heterocycles. The van der Waals surface area contributed by atoms with E-state index in [0.29, 0.717) is 43.8 Å². The summed E-state index contributed by atoms with van der Waals surface area (Å²) < 4.78 is 12.3. The highest BCUT2D eigenvalue weighted by atomic mass is 79.9. The van der Waals surface area contributed by atoms with Gasteiger partial charge in [0.25, 0.3) is 16.8 Å². The summed E-state index contributed by atoms with van der Waals surface area (Å²) in [5, 5.41) is 11.2. The fourth-order valence-electron chi connectivity index (χ4n) is 3.55. The van der Waals surface area contributed by atoms with Gasteiger partial charge in [-0.3, -0.25) is 24.6 Å². The number of non-ortho nitro benzene ring substituents is 1. The van der Waals surface area contributed by atoms with E-state index in [9.17, 15) is 19.7 Å². The van der Waals surface area contributed by atoms with E-state index in [1.165, 1.54) is 12.1 Å². The van der Waals surface area contributed by atoms with E-state index in [0.717, 1.165) is 22.2 Å². The largest absolute Gasteiger partial charge is 0.490 e. The molecular weight excluding hydrogens is 619 g/mol. The lowest BCUT2D eigenvalue weighted by molar-refractivity contribution is -0.384. The van der Waals surface area contributed by atoms with E-state index in [1.54, 1.807) is 48.5 Å². The topological polar surface area (TPSA) is 99.0 Å². The summed E-state index contributed by atoms with van der Waals surface area (Å²) in [7, 11) is 0. The molecule has 3 aromatic carbocycles. The fraction of sp³-hybridized carbons (Fsp3) is 0.154. The second-order valence-electron chi connectivity index (χ2n) is 7.99. The second-order valence-corrected chi connectivity index (χ2v) is 10.7. The Hall–Kier alpha value is -3.05. The molecule has 3 aromatic rings. The number of hydrogen-bond donors (Lipinski definition) is 0. The van der Waals surface area contributed by atoms with Crippen LogP contribution in [0.1, 0.15) is 23.6 Å². The Bertz CT molecular complexity index is 1450. The van der Waals surface area contributed by atoms with Crippen molar-refractivity contribution >= 4 is 73.8 Å². The Morgan fingerprint density at radius 1 is 1.03 bits per heavy atom. The third-order valence-corrected chi connectivity index (χ3v) is 7.59. The first kappa shape index (κ1) is 28.0. The van der Waals surface area contributed by atoms with Crippen molar-refractivity contribution in [2.45, 2.75) is 20.1 Å². The molecule has 0 radical (unpaired) electrons. The van der Waals surface area contributed by atoms with Gasteiger partial charge in [0.1, 0.15) is 6.61 Å². The number of ether oxygens (including phenoxy) is 2. The van der Waals surface area contributed by atoms with Crippen molar-refractivity contribution in [1.82, 2.24) is 4.90 Å². The second kappa shape index (κ2) is 12.2. The van der Waals surface area contributed by atoms with Crippen molar-refractivity contribution in [3.63, 3.8) is 0 Å². The average Bonchev–Trinajstić information content (AvgIpc) is 3.13. The smallest absolute Gasteiger partial charge is 0.293 e. The van der Waals surface area contributed by atoms with Gasteiger partial charge in [-0.15, -0.1) is 0 Å². The van der Waals surface area contributed by atoms with Crippen molar-refractivity contribution in [2.24, 2.45) is 0 Å². The number of nitro benzene ring substituents is 1. The van der Waals surface area contributed by atoms with Crippen molar-refractivity contribution in [3.8, 4) is 11.5 Å². The van der Waals surface area contributed by atoms with Crippen LogP contribution in [0.2, 0.25) is 10.0 Å². The van der Waals surface area contributed by atoms with Gasteiger partial charge < -0.3 is 9.47 Å². The number of rotatable bonds is 9. The van der Waals surface area contributed by atoms with E-state index in [1.807, 2.05) is 6.92 Å². The summed E-state index contributed by atoms with van der Waals surface area (Å²) in [6.45, 7) is 2.42. The van der Waals surface area contributed by atoms with Gasteiger partial charge in [0.05, 0.1) is 37.5 Å². The zero-order chi connectivity index (χ0) is 27.4. The van der Waals surface area contributed by atoms with E-state index in [4.69, 9.17) is 32.7 Å². The lowest BCUT2D eigenvalue weighted by Crippen LogP contribution is -2.27. The van der Waals surface area contributed by atoms with Crippen molar-refractivity contribution < 1.29 is 24.0 Å². The molecule has 8 nitrogen and oxygen atoms in total. The first-order valence-electron chi connectivity index (χ1n) is 11.2. The third-order valence-electron chi connectivity index (χ3n) is 5.36. The number of thioether (sulfide) groups is 1. The van der Waals surface area contributed by atoms with Crippen LogP contribution in [0.15, 0.2) is 64.0 Å². The Labute approximate surface area is 240 Å². The molecule has 1 aliphatic rings. The zero-order valence-electron chi connectivity index (χ0n) is 19.8. The minimum absolute atomic E-state index is 0.00401. The van der Waals surface area contributed by atoms with Crippen LogP contribution in [0.5, 0.6) is 11.5 Å². The minimum Gasteiger partial charge on any atom is -0.490 e. The molecular formula is C26H19BrCl2N2O6S. The van der Waals surface area contributed by atoms with E-state index in [-0.39, 0.29) is 29.0 Å². The predicted molar refractivity (Wildman–Crippen MR) is 151 cm³/mol. The van der Waals surface area contributed by atoms with Crippen molar-refractivity contribution in [2.75, 3.05) is 6.61 Å². The summed E-state index contributed by atoms with van der Waals surface area (Å²) in [6, 6.07) is 14.5. The summed E-state index contributed by atoms with van der Waals surface area (Å²) in [5.41, 5.74) is 2.04. The molecule has 12 heteroatoms. The highest BCUT2D eigenvalue weighted by Gasteiger charge is 2.35. The number of hydrogen-bond acceptors (Lipinski definition) is 7. The van der Waals surface area contributed by atoms with E-state index in [2.05, 4.69) is 15.9 Å². The van der Waals surface area contributed by atoms with Crippen LogP contribution in [0.25, 0.3) is 6.08 Å². The number of nitrogens with zero attached hydrogens (tertiary/aromatic N) is 2. The van der Waals surface area contributed by atoms with Crippen LogP contribution in [0, 0.1) is 10.1 Å². The third kappa shape index (κ3) is 6.50. The highest BCUT2D eigenvalue weighted by molar-refractivity contribution is 9.10. The lowest BCUT2D eigenvalue weighted by atomic mass is 10.1. The molecule has 0 N–H and O–H groups in total. The van der Waals surface area contributed by atoms with Crippen LogP contribution >= 0.6 is 50.9 Å². The van der Waals surface area contributed by atoms with Gasteiger partial charge in [-0.2, -0.15) is 0 Å². The van der Waals surface area contributed by atoms with E-state index < -0.39 is 10.8 Å². The number of amides is 2. The lowest BCUT2D eigenvalue weighted by Gasteiger charge is -2.15. The summed E-state index contributed by atoms with van der Waals surface area (Å²) in [5.74, 6) is 0.457. The molecule has 0 bridgehead atoms. The van der Waals surface area contributed by atoms with Crippen molar-refractivity contribution in [1.29, 1.82) is 0 Å². The molecule has 0 aliphatic carbocycles. The van der Waals surface area contributed by atoms with Gasteiger partial charge in [-0.25, -0.2) is 0 Å².